The molecule has 114 valence electrons. The van der Waals surface area contributed by atoms with Crippen molar-refractivity contribution < 1.29 is 0 Å². The third-order valence-electron chi connectivity index (χ3n) is 3.65. The summed E-state index contributed by atoms with van der Waals surface area (Å²) >= 11 is 6.34. The van der Waals surface area contributed by atoms with Crippen LogP contribution in [0.2, 0.25) is 5.02 Å². The molecule has 3 aromatic heterocycles. The van der Waals surface area contributed by atoms with E-state index in [1.54, 1.807) is 18.6 Å². The molecule has 6 nitrogen and oxygen atoms in total. The third kappa shape index (κ3) is 2.43. The molecule has 0 saturated heterocycles. The van der Waals surface area contributed by atoms with Gasteiger partial charge in [0.1, 0.15) is 0 Å². The molecule has 0 radical (unpaired) electrons. The van der Waals surface area contributed by atoms with Gasteiger partial charge in [0.05, 0.1) is 28.8 Å². The van der Waals surface area contributed by atoms with Crippen LogP contribution in [-0.4, -0.2) is 24.7 Å². The normalized spacial score (nSPS) is 11.0. The lowest BCUT2D eigenvalue weighted by atomic mass is 10.1. The first-order valence-corrected chi connectivity index (χ1v) is 7.43. The maximum absolute atomic E-state index is 6.34. The van der Waals surface area contributed by atoms with Crippen LogP contribution in [0.5, 0.6) is 0 Å². The standard InChI is InChI=1S/C16H13ClN6/c1-23-9-12(11-4-2-3-5-14(11)23)15-13(17)8-18-16(22-15)21-10-6-19-20-7-10/h2-9H,1H3,(H,19,20)(H,18,21,22). The Labute approximate surface area is 137 Å². The zero-order valence-corrected chi connectivity index (χ0v) is 13.0. The van der Waals surface area contributed by atoms with Crippen molar-refractivity contribution in [2.75, 3.05) is 5.32 Å². The number of nitrogens with one attached hydrogen (secondary N) is 2. The second kappa shape index (κ2) is 5.40. The van der Waals surface area contributed by atoms with Crippen molar-refractivity contribution in [1.29, 1.82) is 0 Å². The number of fused-ring (bicyclic) bond motifs is 1. The Kier molecular flexibility index (Phi) is 3.24. The Morgan fingerprint density at radius 3 is 2.91 bits per heavy atom. The van der Waals surface area contributed by atoms with E-state index in [-0.39, 0.29) is 0 Å². The molecule has 0 saturated carbocycles. The highest BCUT2D eigenvalue weighted by atomic mass is 35.5. The number of hydrogen-bond acceptors (Lipinski definition) is 4. The number of aromatic nitrogens is 5. The van der Waals surface area contributed by atoms with Crippen LogP contribution < -0.4 is 5.32 Å². The van der Waals surface area contributed by atoms with Gasteiger partial charge >= 0.3 is 0 Å². The van der Waals surface area contributed by atoms with E-state index in [1.165, 1.54) is 0 Å². The van der Waals surface area contributed by atoms with Crippen molar-refractivity contribution >= 4 is 34.1 Å². The average Bonchev–Trinajstić information content (AvgIpc) is 3.18. The molecule has 4 rings (SSSR count). The summed E-state index contributed by atoms with van der Waals surface area (Å²) in [5.74, 6) is 0.471. The van der Waals surface area contributed by atoms with Crippen LogP contribution in [-0.2, 0) is 7.05 Å². The molecule has 0 unspecified atom stereocenters. The fraction of sp³-hybridized carbons (Fsp3) is 0.0625. The summed E-state index contributed by atoms with van der Waals surface area (Å²) in [6.45, 7) is 0. The summed E-state index contributed by atoms with van der Waals surface area (Å²) in [6.07, 6.45) is 7.03. The van der Waals surface area contributed by atoms with Crippen LogP contribution in [0, 0.1) is 0 Å². The molecule has 0 aliphatic carbocycles. The number of aryl methyl sites for hydroxylation is 1. The molecule has 4 aromatic rings. The van der Waals surface area contributed by atoms with Gasteiger partial charge in [-0.15, -0.1) is 0 Å². The number of halogens is 1. The molecule has 0 fully saturated rings. The molecule has 7 heteroatoms. The zero-order chi connectivity index (χ0) is 15.8. The van der Waals surface area contributed by atoms with Crippen molar-refractivity contribution in [3.8, 4) is 11.3 Å². The van der Waals surface area contributed by atoms with Crippen molar-refractivity contribution in [2.24, 2.45) is 7.05 Å². The minimum atomic E-state index is 0.471. The molecule has 0 amide bonds. The zero-order valence-electron chi connectivity index (χ0n) is 12.3. The van der Waals surface area contributed by atoms with Crippen LogP contribution in [0.4, 0.5) is 11.6 Å². The summed E-state index contributed by atoms with van der Waals surface area (Å²) in [7, 11) is 2.01. The molecular weight excluding hydrogens is 312 g/mol. The summed E-state index contributed by atoms with van der Waals surface area (Å²) in [5, 5.41) is 11.3. The summed E-state index contributed by atoms with van der Waals surface area (Å²) in [4.78, 5) is 8.80. The first kappa shape index (κ1) is 13.8. The van der Waals surface area contributed by atoms with E-state index >= 15 is 0 Å². The van der Waals surface area contributed by atoms with Gasteiger partial charge in [0.2, 0.25) is 5.95 Å². The van der Waals surface area contributed by atoms with Gasteiger partial charge in [0.25, 0.3) is 0 Å². The number of anilines is 2. The van der Waals surface area contributed by atoms with Gasteiger partial charge in [-0.2, -0.15) is 5.10 Å². The van der Waals surface area contributed by atoms with E-state index < -0.39 is 0 Å². The van der Waals surface area contributed by atoms with E-state index in [0.717, 1.165) is 22.2 Å². The van der Waals surface area contributed by atoms with E-state index in [2.05, 4.69) is 42.2 Å². The minimum absolute atomic E-state index is 0.471. The Balaban J connectivity index is 1.84. The monoisotopic (exact) mass is 324 g/mol. The molecular formula is C16H13ClN6. The highest BCUT2D eigenvalue weighted by molar-refractivity contribution is 6.33. The maximum atomic E-state index is 6.34. The fourth-order valence-electron chi connectivity index (χ4n) is 2.59. The van der Waals surface area contributed by atoms with E-state index in [1.807, 2.05) is 25.4 Å². The molecule has 2 N–H and O–H groups in total. The van der Waals surface area contributed by atoms with Crippen LogP contribution in [0.1, 0.15) is 0 Å². The Hall–Kier alpha value is -2.86. The topological polar surface area (TPSA) is 71.4 Å². The Bertz CT molecular complexity index is 974. The van der Waals surface area contributed by atoms with Gasteiger partial charge < -0.3 is 9.88 Å². The molecule has 3 heterocycles. The smallest absolute Gasteiger partial charge is 0.227 e. The summed E-state index contributed by atoms with van der Waals surface area (Å²) in [5.41, 5.74) is 3.59. The summed E-state index contributed by atoms with van der Waals surface area (Å²) < 4.78 is 2.06. The van der Waals surface area contributed by atoms with Crippen molar-refractivity contribution in [1.82, 2.24) is 24.7 Å². The lowest BCUT2D eigenvalue weighted by Crippen LogP contribution is -1.97. The number of rotatable bonds is 3. The van der Waals surface area contributed by atoms with Gasteiger partial charge in [0, 0.05) is 35.9 Å². The van der Waals surface area contributed by atoms with Crippen molar-refractivity contribution in [3.05, 3.63) is 54.1 Å². The predicted molar refractivity (Wildman–Crippen MR) is 90.8 cm³/mol. The first-order chi connectivity index (χ1) is 11.2. The number of benzene rings is 1. The lowest BCUT2D eigenvalue weighted by molar-refractivity contribution is 0.969. The van der Waals surface area contributed by atoms with Gasteiger partial charge in [-0.05, 0) is 6.07 Å². The summed E-state index contributed by atoms with van der Waals surface area (Å²) in [6, 6.07) is 8.15. The number of nitrogens with zero attached hydrogens (tertiary/aromatic N) is 4. The maximum Gasteiger partial charge on any atom is 0.227 e. The van der Waals surface area contributed by atoms with Crippen LogP contribution in [0.25, 0.3) is 22.2 Å². The molecule has 0 aliphatic rings. The van der Waals surface area contributed by atoms with E-state index in [0.29, 0.717) is 16.7 Å². The van der Waals surface area contributed by atoms with Gasteiger partial charge in [0.15, 0.2) is 0 Å². The second-order valence-electron chi connectivity index (χ2n) is 5.17. The van der Waals surface area contributed by atoms with Crippen LogP contribution >= 0.6 is 11.6 Å². The van der Waals surface area contributed by atoms with Gasteiger partial charge in [-0.25, -0.2) is 9.97 Å². The Morgan fingerprint density at radius 2 is 2.09 bits per heavy atom. The minimum Gasteiger partial charge on any atom is -0.350 e. The molecule has 0 aliphatic heterocycles. The van der Waals surface area contributed by atoms with Crippen LogP contribution in [0.15, 0.2) is 49.1 Å². The first-order valence-electron chi connectivity index (χ1n) is 7.05. The number of para-hydroxylation sites is 1. The molecule has 1 aromatic carbocycles. The van der Waals surface area contributed by atoms with Gasteiger partial charge in [-0.1, -0.05) is 29.8 Å². The number of H-pyrrole nitrogens is 1. The highest BCUT2D eigenvalue weighted by Gasteiger charge is 2.14. The number of hydrogen-bond donors (Lipinski definition) is 2. The van der Waals surface area contributed by atoms with E-state index in [9.17, 15) is 0 Å². The quantitative estimate of drug-likeness (QED) is 0.602. The largest absolute Gasteiger partial charge is 0.350 e. The fourth-order valence-corrected chi connectivity index (χ4v) is 2.79. The van der Waals surface area contributed by atoms with Crippen molar-refractivity contribution in [2.45, 2.75) is 0 Å². The second-order valence-corrected chi connectivity index (χ2v) is 5.58. The van der Waals surface area contributed by atoms with E-state index in [4.69, 9.17) is 11.6 Å². The SMILES string of the molecule is Cn1cc(-c2nc(Nc3cn[nH]c3)ncc2Cl)c2ccccc21. The third-order valence-corrected chi connectivity index (χ3v) is 3.93. The molecule has 0 spiro atoms. The molecule has 0 atom stereocenters. The molecule has 23 heavy (non-hydrogen) atoms. The Morgan fingerprint density at radius 1 is 1.22 bits per heavy atom. The van der Waals surface area contributed by atoms with Crippen LogP contribution in [0.3, 0.4) is 0 Å². The van der Waals surface area contributed by atoms with Crippen molar-refractivity contribution in [3.63, 3.8) is 0 Å². The van der Waals surface area contributed by atoms with Gasteiger partial charge in [-0.3, -0.25) is 5.10 Å². The average molecular weight is 325 g/mol. The highest BCUT2D eigenvalue weighted by Crippen LogP contribution is 2.33. The number of aromatic amines is 1. The predicted octanol–water partition coefficient (Wildman–Crippen LogP) is 3.76. The lowest BCUT2D eigenvalue weighted by Gasteiger charge is -2.06. The molecule has 0 bridgehead atoms.